The topological polar surface area (TPSA) is 80.9 Å². The minimum Gasteiger partial charge on any atom is -0.481 e. The van der Waals surface area contributed by atoms with Crippen LogP contribution in [0.1, 0.15) is 70.0 Å². The van der Waals surface area contributed by atoms with E-state index >= 15 is 0 Å². The highest BCUT2D eigenvalue weighted by Gasteiger charge is 2.15. The molecule has 118 valence electrons. The molecule has 0 radical (unpaired) electrons. The van der Waals surface area contributed by atoms with Crippen molar-refractivity contribution in [3.8, 4) is 0 Å². The van der Waals surface area contributed by atoms with Gasteiger partial charge in [0.15, 0.2) is 5.82 Å². The number of carboxylic acids is 1. The Balaban J connectivity index is 1.67. The molecule has 2 rings (SSSR count). The summed E-state index contributed by atoms with van der Waals surface area (Å²) in [6, 6.07) is 0. The van der Waals surface area contributed by atoms with E-state index in [1.807, 2.05) is 4.68 Å². The molecule has 6 nitrogen and oxygen atoms in total. The van der Waals surface area contributed by atoms with E-state index in [0.29, 0.717) is 0 Å². The number of hydrogen-bond donors (Lipinski definition) is 1. The molecule has 0 aliphatic heterocycles. The van der Waals surface area contributed by atoms with Gasteiger partial charge in [-0.3, -0.25) is 4.79 Å². The van der Waals surface area contributed by atoms with Crippen molar-refractivity contribution in [1.29, 1.82) is 0 Å². The zero-order valence-electron chi connectivity index (χ0n) is 12.7. The summed E-state index contributed by atoms with van der Waals surface area (Å²) < 4.78 is 1.89. The van der Waals surface area contributed by atoms with Crippen molar-refractivity contribution in [3.63, 3.8) is 0 Å². The Kier molecular flexibility index (Phi) is 6.63. The predicted octanol–water partition coefficient (Wildman–Crippen LogP) is 2.83. The van der Waals surface area contributed by atoms with Crippen molar-refractivity contribution in [2.75, 3.05) is 0 Å². The minimum atomic E-state index is -0.717. The third-order valence-electron chi connectivity index (χ3n) is 4.37. The van der Waals surface area contributed by atoms with Crippen LogP contribution >= 0.6 is 0 Å². The predicted molar refractivity (Wildman–Crippen MR) is 78.8 cm³/mol. The van der Waals surface area contributed by atoms with Gasteiger partial charge < -0.3 is 5.11 Å². The van der Waals surface area contributed by atoms with Crippen LogP contribution in [0.3, 0.4) is 0 Å². The molecular weight excluding hydrogens is 268 g/mol. The van der Waals surface area contributed by atoms with Crippen LogP contribution in [0.4, 0.5) is 0 Å². The molecular formula is C15H26N4O2. The van der Waals surface area contributed by atoms with Crippen LogP contribution in [0, 0.1) is 5.92 Å². The lowest BCUT2D eigenvalue weighted by Crippen LogP contribution is -2.11. The second-order valence-corrected chi connectivity index (χ2v) is 6.07. The van der Waals surface area contributed by atoms with Gasteiger partial charge in [0.2, 0.25) is 0 Å². The molecule has 0 aromatic carbocycles. The number of aliphatic carboxylic acids is 1. The van der Waals surface area contributed by atoms with Gasteiger partial charge in [-0.2, -0.15) is 0 Å². The molecule has 1 aliphatic carbocycles. The number of aromatic nitrogens is 4. The van der Waals surface area contributed by atoms with Gasteiger partial charge in [0, 0.05) is 19.4 Å². The fourth-order valence-electron chi connectivity index (χ4n) is 3.10. The van der Waals surface area contributed by atoms with Crippen LogP contribution < -0.4 is 0 Å². The number of rotatable bonds is 9. The van der Waals surface area contributed by atoms with Gasteiger partial charge in [0.1, 0.15) is 0 Å². The molecule has 0 unspecified atom stereocenters. The Bertz CT molecular complexity index is 427. The van der Waals surface area contributed by atoms with Crippen molar-refractivity contribution >= 4 is 5.97 Å². The summed E-state index contributed by atoms with van der Waals surface area (Å²) in [6.45, 7) is 0.798. The average molecular weight is 294 g/mol. The smallest absolute Gasteiger partial charge is 0.303 e. The van der Waals surface area contributed by atoms with Crippen molar-refractivity contribution in [3.05, 3.63) is 5.82 Å². The van der Waals surface area contributed by atoms with Crippen LogP contribution in [0.15, 0.2) is 0 Å². The molecule has 0 atom stereocenters. The van der Waals surface area contributed by atoms with Gasteiger partial charge in [-0.25, -0.2) is 4.68 Å². The summed E-state index contributed by atoms with van der Waals surface area (Å²) >= 11 is 0. The van der Waals surface area contributed by atoms with E-state index in [1.165, 1.54) is 38.5 Å². The first kappa shape index (κ1) is 15.9. The zero-order chi connectivity index (χ0) is 14.9. The maximum atomic E-state index is 10.4. The normalized spacial score (nSPS) is 16.2. The molecule has 0 bridgehead atoms. The highest BCUT2D eigenvalue weighted by molar-refractivity contribution is 5.66. The first-order valence-corrected chi connectivity index (χ1v) is 8.22. The summed E-state index contributed by atoms with van der Waals surface area (Å²) in [5, 5.41) is 20.6. The molecule has 1 fully saturated rings. The molecule has 0 amide bonds. The van der Waals surface area contributed by atoms with E-state index in [4.69, 9.17) is 5.11 Å². The monoisotopic (exact) mass is 294 g/mol. The Morgan fingerprint density at radius 1 is 1.19 bits per heavy atom. The highest BCUT2D eigenvalue weighted by Crippen LogP contribution is 2.27. The minimum absolute atomic E-state index is 0.254. The van der Waals surface area contributed by atoms with Crippen LogP contribution in [0.25, 0.3) is 0 Å². The Morgan fingerprint density at radius 2 is 2.00 bits per heavy atom. The second kappa shape index (κ2) is 8.74. The number of carboxylic acid groups (broad SMARTS) is 1. The SMILES string of the molecule is O=C(O)CCCCCn1nnnc1CCC1CCCCC1. The van der Waals surface area contributed by atoms with E-state index in [9.17, 15) is 4.79 Å². The molecule has 1 heterocycles. The van der Waals surface area contributed by atoms with Crippen molar-refractivity contribution < 1.29 is 9.90 Å². The van der Waals surface area contributed by atoms with Gasteiger partial charge in [-0.05, 0) is 35.6 Å². The van der Waals surface area contributed by atoms with Gasteiger partial charge in [0.25, 0.3) is 0 Å². The first-order valence-electron chi connectivity index (χ1n) is 8.22. The average Bonchev–Trinajstić information content (AvgIpc) is 2.93. The van der Waals surface area contributed by atoms with E-state index in [2.05, 4.69) is 15.5 Å². The molecule has 1 saturated carbocycles. The quantitative estimate of drug-likeness (QED) is 0.708. The van der Waals surface area contributed by atoms with Crippen LogP contribution in [0.2, 0.25) is 0 Å². The largest absolute Gasteiger partial charge is 0.481 e. The first-order chi connectivity index (χ1) is 10.3. The number of hydrogen-bond acceptors (Lipinski definition) is 4. The summed E-state index contributed by atoms with van der Waals surface area (Å²) in [5.41, 5.74) is 0. The standard InChI is InChI=1S/C15H26N4O2/c20-15(21)9-5-2-6-12-19-14(16-17-18-19)11-10-13-7-3-1-4-8-13/h13H,1-12H2,(H,20,21). The van der Waals surface area contributed by atoms with E-state index in [1.54, 1.807) is 0 Å². The molecule has 1 aliphatic rings. The zero-order valence-corrected chi connectivity index (χ0v) is 12.7. The maximum Gasteiger partial charge on any atom is 0.303 e. The van der Waals surface area contributed by atoms with E-state index in [0.717, 1.165) is 44.0 Å². The van der Waals surface area contributed by atoms with Gasteiger partial charge >= 0.3 is 5.97 Å². The molecule has 0 spiro atoms. The molecule has 6 heteroatoms. The number of nitrogens with zero attached hydrogens (tertiary/aromatic N) is 4. The molecule has 1 aromatic rings. The van der Waals surface area contributed by atoms with E-state index < -0.39 is 5.97 Å². The Morgan fingerprint density at radius 3 is 2.76 bits per heavy atom. The number of aryl methyl sites for hydroxylation is 2. The van der Waals surface area contributed by atoms with E-state index in [-0.39, 0.29) is 6.42 Å². The van der Waals surface area contributed by atoms with Crippen molar-refractivity contribution in [2.24, 2.45) is 5.92 Å². The van der Waals surface area contributed by atoms with Gasteiger partial charge in [-0.15, -0.1) is 5.10 Å². The Labute approximate surface area is 125 Å². The Hall–Kier alpha value is -1.46. The van der Waals surface area contributed by atoms with Crippen LogP contribution in [-0.2, 0) is 17.8 Å². The van der Waals surface area contributed by atoms with Crippen molar-refractivity contribution in [1.82, 2.24) is 20.2 Å². The molecule has 0 saturated heterocycles. The van der Waals surface area contributed by atoms with Crippen LogP contribution in [-0.4, -0.2) is 31.3 Å². The van der Waals surface area contributed by atoms with Gasteiger partial charge in [0.05, 0.1) is 0 Å². The molecule has 21 heavy (non-hydrogen) atoms. The van der Waals surface area contributed by atoms with Gasteiger partial charge in [-0.1, -0.05) is 38.5 Å². The number of unbranched alkanes of at least 4 members (excludes halogenated alkanes) is 2. The summed E-state index contributed by atoms with van der Waals surface area (Å²) in [4.78, 5) is 10.4. The third kappa shape index (κ3) is 5.81. The highest BCUT2D eigenvalue weighted by atomic mass is 16.4. The summed E-state index contributed by atoms with van der Waals surface area (Å²) in [7, 11) is 0. The molecule has 1 N–H and O–H groups in total. The fourth-order valence-corrected chi connectivity index (χ4v) is 3.10. The number of carbonyl (C=O) groups is 1. The maximum absolute atomic E-state index is 10.4. The lowest BCUT2D eigenvalue weighted by molar-refractivity contribution is -0.137. The summed E-state index contributed by atoms with van der Waals surface area (Å²) in [5.74, 6) is 1.11. The fraction of sp³-hybridized carbons (Fsp3) is 0.867. The number of tetrazole rings is 1. The summed E-state index contributed by atoms with van der Waals surface area (Å²) in [6.07, 6.45) is 11.9. The van der Waals surface area contributed by atoms with Crippen molar-refractivity contribution in [2.45, 2.75) is 77.2 Å². The lowest BCUT2D eigenvalue weighted by Gasteiger charge is -2.20. The van der Waals surface area contributed by atoms with Crippen LogP contribution in [0.5, 0.6) is 0 Å². The molecule has 1 aromatic heterocycles. The third-order valence-corrected chi connectivity index (χ3v) is 4.37. The lowest BCUT2D eigenvalue weighted by atomic mass is 9.86. The second-order valence-electron chi connectivity index (χ2n) is 6.07.